The molecule has 1 amide bonds. The number of hydrogen-bond acceptors (Lipinski definition) is 10. The molecule has 1 saturated heterocycles. The Morgan fingerprint density at radius 1 is 1.11 bits per heavy atom. The average Bonchev–Trinajstić information content (AvgIpc) is 2.94. The van der Waals surface area contributed by atoms with Crippen LogP contribution in [-0.2, 0) is 23.9 Å². The number of carbonyl (C=O) groups is 3. The van der Waals surface area contributed by atoms with E-state index in [1.807, 2.05) is 0 Å². The van der Waals surface area contributed by atoms with E-state index < -0.39 is 88.1 Å². The average molecular weight is 829 g/mol. The fourth-order valence-electron chi connectivity index (χ4n) is 8.56. The number of rotatable bonds is 5. The van der Waals surface area contributed by atoms with Gasteiger partial charge in [-0.05, 0) is 30.6 Å². The largest absolute Gasteiger partial charge is 0.456 e. The minimum Gasteiger partial charge on any atom is -0.456 e. The van der Waals surface area contributed by atoms with Crippen molar-refractivity contribution in [3.8, 4) is 0 Å². The van der Waals surface area contributed by atoms with Crippen LogP contribution in [0.4, 0.5) is 0 Å². The van der Waals surface area contributed by atoms with Gasteiger partial charge in [-0.25, -0.2) is 4.79 Å². The molecule has 1 aliphatic heterocycles. The molecule has 2 saturated carbocycles. The Morgan fingerprint density at radius 2 is 1.73 bits per heavy atom. The van der Waals surface area contributed by atoms with Crippen LogP contribution < -0.4 is 5.32 Å². The molecule has 0 spiro atoms. The van der Waals surface area contributed by atoms with Crippen LogP contribution in [0.1, 0.15) is 66.0 Å². The van der Waals surface area contributed by atoms with E-state index in [2.05, 4.69) is 5.32 Å². The third kappa shape index (κ3) is 5.07. The van der Waals surface area contributed by atoms with Gasteiger partial charge in [0.05, 0.1) is 36.4 Å². The topological polar surface area (TPSA) is 183 Å². The first-order valence-electron chi connectivity index (χ1n) is 14.8. The van der Waals surface area contributed by atoms with E-state index in [0.29, 0.717) is 16.7 Å². The molecule has 12 heteroatoms. The van der Waals surface area contributed by atoms with Gasteiger partial charge in [0.2, 0.25) is 5.91 Å². The molecule has 11 atom stereocenters. The number of ketones is 1. The van der Waals surface area contributed by atoms with Crippen molar-refractivity contribution in [2.24, 2.45) is 22.7 Å². The Morgan fingerprint density at radius 3 is 2.27 bits per heavy atom. The van der Waals surface area contributed by atoms with Crippen molar-refractivity contribution in [3.63, 3.8) is 0 Å². The van der Waals surface area contributed by atoms with Crippen LogP contribution in [0.25, 0.3) is 0 Å². The first-order chi connectivity index (χ1) is 19.9. The van der Waals surface area contributed by atoms with E-state index in [1.54, 1.807) is 58.0 Å². The number of benzene rings is 1. The molecule has 2 bridgehead atoms. The Balaban J connectivity index is 0.00000442. The summed E-state index contributed by atoms with van der Waals surface area (Å²) in [6.07, 6.45) is -7.08. The van der Waals surface area contributed by atoms with Crippen molar-refractivity contribution in [3.05, 3.63) is 47.0 Å². The maximum Gasteiger partial charge on any atom is 0.338 e. The molecular formula is C32H43AcNO10. The van der Waals surface area contributed by atoms with Crippen LogP contribution in [0.15, 0.2) is 41.5 Å². The molecule has 3 aliphatic carbocycles. The Kier molecular flexibility index (Phi) is 9.79. The first-order valence-corrected chi connectivity index (χ1v) is 14.8. The maximum absolute atomic E-state index is 14.3. The van der Waals surface area contributed by atoms with Crippen LogP contribution in [0.3, 0.4) is 0 Å². The molecule has 4 aliphatic rings. The molecule has 1 aromatic carbocycles. The van der Waals surface area contributed by atoms with Crippen molar-refractivity contribution >= 4 is 17.7 Å². The Labute approximate surface area is 292 Å². The number of ether oxygens (including phenoxy) is 2. The molecular weight excluding hydrogens is 785 g/mol. The van der Waals surface area contributed by atoms with E-state index in [-0.39, 0.29) is 63.5 Å². The summed E-state index contributed by atoms with van der Waals surface area (Å²) < 4.78 is 11.4. The summed E-state index contributed by atoms with van der Waals surface area (Å²) in [4.78, 5) is 39.7. The van der Waals surface area contributed by atoms with Crippen molar-refractivity contribution < 1.29 is 93.5 Å². The fourth-order valence-corrected chi connectivity index (χ4v) is 8.56. The van der Waals surface area contributed by atoms with E-state index in [4.69, 9.17) is 9.47 Å². The van der Waals surface area contributed by atoms with Gasteiger partial charge in [-0.3, -0.25) is 9.59 Å². The predicted octanol–water partition coefficient (Wildman–Crippen LogP) is 0.711. The van der Waals surface area contributed by atoms with Gasteiger partial charge >= 0.3 is 5.97 Å². The normalized spacial score (nSPS) is 40.5. The van der Waals surface area contributed by atoms with E-state index >= 15 is 0 Å². The molecule has 44 heavy (non-hydrogen) atoms. The van der Waals surface area contributed by atoms with E-state index in [9.17, 15) is 39.9 Å². The quantitative estimate of drug-likeness (QED) is 0.183. The van der Waals surface area contributed by atoms with Crippen molar-refractivity contribution in [2.75, 3.05) is 6.61 Å². The summed E-state index contributed by atoms with van der Waals surface area (Å²) in [6.45, 7) is 9.37. The number of Topliss-reactive ketones (excluding diaryl/α,β-unsaturated/α-hetero) is 1. The third-order valence-corrected chi connectivity index (χ3v) is 11.0. The zero-order chi connectivity index (χ0) is 31.9. The van der Waals surface area contributed by atoms with E-state index in [1.165, 1.54) is 13.8 Å². The molecule has 11 nitrogen and oxygen atoms in total. The van der Waals surface area contributed by atoms with Crippen LogP contribution in [-0.4, -0.2) is 91.5 Å². The Bertz CT molecular complexity index is 1350. The Hall–Kier alpha value is -1.23. The standard InChI is InChI=1S/C32H43NO10.Ac/c1-15-19(43-28(39)24(36)23(33-17(3)34)18-10-8-7-9-11-18)13-32(41)27(38)25-30(6,20(35)12-21-31(25,40)14-42-21)26(37)16(2)22(15)29(32,4)5;/h7-11,16,19-21,23-25,27,35-36,38,40-41H,12-14H2,1-6H3,(H,33,34);/t16-,19?,20?,21?,23?,24?,25?,27?,30-,31+,32?;/m1./s1. The van der Waals surface area contributed by atoms with Gasteiger partial charge in [0, 0.05) is 81.1 Å². The van der Waals surface area contributed by atoms with Gasteiger partial charge in [0.25, 0.3) is 0 Å². The van der Waals surface area contributed by atoms with Gasteiger partial charge in [-0.15, -0.1) is 0 Å². The number of hydrogen-bond donors (Lipinski definition) is 6. The molecule has 5 rings (SSSR count). The summed E-state index contributed by atoms with van der Waals surface area (Å²) >= 11 is 0. The smallest absolute Gasteiger partial charge is 0.338 e. The van der Waals surface area contributed by atoms with Crippen LogP contribution in [0.2, 0.25) is 0 Å². The van der Waals surface area contributed by atoms with Crippen LogP contribution >= 0.6 is 0 Å². The third-order valence-electron chi connectivity index (χ3n) is 11.0. The zero-order valence-electron chi connectivity index (χ0n) is 26.0. The minimum atomic E-state index is -2.04. The summed E-state index contributed by atoms with van der Waals surface area (Å²) in [7, 11) is 0. The number of aliphatic hydroxyl groups excluding tert-OH is 3. The monoisotopic (exact) mass is 828 g/mol. The second-order valence-corrected chi connectivity index (χ2v) is 13.6. The van der Waals surface area contributed by atoms with E-state index in [0.717, 1.165) is 0 Å². The molecule has 6 N–H and O–H groups in total. The van der Waals surface area contributed by atoms with Gasteiger partial charge < -0.3 is 40.3 Å². The summed E-state index contributed by atoms with van der Waals surface area (Å²) in [6, 6.07) is 7.33. The van der Waals surface area contributed by atoms with Crippen molar-refractivity contribution in [2.45, 2.75) is 102 Å². The molecule has 239 valence electrons. The number of esters is 1. The number of nitrogens with one attached hydrogen (secondary N) is 1. The molecule has 1 aromatic rings. The van der Waals surface area contributed by atoms with Gasteiger partial charge in [0.1, 0.15) is 23.1 Å². The van der Waals surface area contributed by atoms with Gasteiger partial charge in [0.15, 0.2) is 6.10 Å². The van der Waals surface area contributed by atoms with Crippen molar-refractivity contribution in [1.82, 2.24) is 5.32 Å². The number of amides is 1. The van der Waals surface area contributed by atoms with Crippen LogP contribution in [0.5, 0.6) is 0 Å². The SMILES string of the molecule is CC(=O)NC(c1ccccc1)C(O)C(=O)OC1CC2(O)C(O)C3[C@]4(O)COC4CC(O)[C@@]3(C)C(=O)[C@H](C)C(=C1C)C2(C)C.[Ac]. The number of aliphatic hydroxyl groups is 5. The summed E-state index contributed by atoms with van der Waals surface area (Å²) in [5.41, 5.74) is -5.14. The number of carbonyl (C=O) groups excluding carboxylic acids is 3. The first kappa shape index (κ1) is 35.6. The summed E-state index contributed by atoms with van der Waals surface area (Å²) in [5, 5.41) is 61.2. The maximum atomic E-state index is 14.3. The van der Waals surface area contributed by atoms with Crippen molar-refractivity contribution in [1.29, 1.82) is 0 Å². The predicted molar refractivity (Wildman–Crippen MR) is 152 cm³/mol. The molecule has 1 radical (unpaired) electrons. The number of fused-ring (bicyclic) bond motifs is 5. The molecule has 0 aromatic heterocycles. The van der Waals surface area contributed by atoms with Crippen LogP contribution in [0, 0.1) is 66.7 Å². The molecule has 1 heterocycles. The van der Waals surface area contributed by atoms with Gasteiger partial charge in [-0.2, -0.15) is 0 Å². The fraction of sp³-hybridized carbons (Fsp3) is 0.656. The zero-order valence-corrected chi connectivity index (χ0v) is 30.7. The molecule has 8 unspecified atom stereocenters. The second kappa shape index (κ2) is 12.1. The van der Waals surface area contributed by atoms with Gasteiger partial charge in [-0.1, -0.05) is 51.1 Å². The minimum absolute atomic E-state index is 0. The molecule has 3 fully saturated rings. The second-order valence-electron chi connectivity index (χ2n) is 13.6. The summed E-state index contributed by atoms with van der Waals surface area (Å²) in [5.74, 6) is -4.12.